The first-order valence-corrected chi connectivity index (χ1v) is 21.6. The lowest BCUT2D eigenvalue weighted by Crippen LogP contribution is -2.26. The standard InChI is InChI=1S/C59H41NO2/c1-58(2,3)36-30-32-37(33-31-36)60(52-27-15-23-44-42-20-8-13-29-55(42)62-57(44)52)53-35-51-46(34-47(53)45-22-14-21-43-41-19-7-12-28-54(41)61-56(43)45)40-18-6-11-26-50(40)59(51)48-24-9-4-16-38(48)39-17-5-10-25-49(39)59/h4-35H,1-3H3. The molecule has 11 aromatic rings. The zero-order chi connectivity index (χ0) is 41.3. The van der Waals surface area contributed by atoms with E-state index in [0.29, 0.717) is 0 Å². The summed E-state index contributed by atoms with van der Waals surface area (Å²) in [6.07, 6.45) is 0. The molecule has 3 nitrogen and oxygen atoms in total. The summed E-state index contributed by atoms with van der Waals surface area (Å²) in [7, 11) is 0. The summed E-state index contributed by atoms with van der Waals surface area (Å²) in [4.78, 5) is 2.44. The molecule has 9 aromatic carbocycles. The smallest absolute Gasteiger partial charge is 0.159 e. The van der Waals surface area contributed by atoms with Crippen LogP contribution in [0.25, 0.3) is 77.3 Å². The Balaban J connectivity index is 1.20. The zero-order valence-corrected chi connectivity index (χ0v) is 34.7. The molecule has 0 radical (unpaired) electrons. The van der Waals surface area contributed by atoms with Gasteiger partial charge in [-0.1, -0.05) is 172 Å². The molecule has 2 aliphatic rings. The maximum absolute atomic E-state index is 6.91. The van der Waals surface area contributed by atoms with E-state index in [2.05, 4.69) is 214 Å². The van der Waals surface area contributed by atoms with Crippen LogP contribution in [0.1, 0.15) is 48.6 Å². The van der Waals surface area contributed by atoms with E-state index in [9.17, 15) is 0 Å². The summed E-state index contributed by atoms with van der Waals surface area (Å²) in [6.45, 7) is 6.82. The maximum atomic E-state index is 6.91. The third kappa shape index (κ3) is 4.71. The van der Waals surface area contributed by atoms with Gasteiger partial charge in [0.05, 0.1) is 16.8 Å². The van der Waals surface area contributed by atoms with Gasteiger partial charge in [-0.25, -0.2) is 0 Å². The van der Waals surface area contributed by atoms with Crippen LogP contribution in [0.3, 0.4) is 0 Å². The third-order valence-electron chi connectivity index (χ3n) is 13.7. The Labute approximate surface area is 360 Å². The number of hydrogen-bond acceptors (Lipinski definition) is 3. The van der Waals surface area contributed by atoms with Crippen LogP contribution in [-0.2, 0) is 10.8 Å². The number of rotatable bonds is 4. The van der Waals surface area contributed by atoms with E-state index in [0.717, 1.165) is 72.1 Å². The fourth-order valence-corrected chi connectivity index (χ4v) is 10.9. The molecule has 0 unspecified atom stereocenters. The highest BCUT2D eigenvalue weighted by molar-refractivity contribution is 6.14. The summed E-state index contributed by atoms with van der Waals surface area (Å²) in [6, 6.07) is 71.1. The van der Waals surface area contributed by atoms with Crippen molar-refractivity contribution < 1.29 is 8.83 Å². The molecule has 294 valence electrons. The highest BCUT2D eigenvalue weighted by Gasteiger charge is 2.52. The molecule has 0 fully saturated rings. The zero-order valence-electron chi connectivity index (χ0n) is 34.7. The van der Waals surface area contributed by atoms with Crippen molar-refractivity contribution in [3.8, 4) is 33.4 Å². The van der Waals surface area contributed by atoms with E-state index in [1.165, 1.54) is 50.1 Å². The number of hydrogen-bond donors (Lipinski definition) is 0. The Kier molecular flexibility index (Phi) is 7.20. The molecule has 0 bridgehead atoms. The molecular weight excluding hydrogens is 755 g/mol. The quantitative estimate of drug-likeness (QED) is 0.178. The topological polar surface area (TPSA) is 29.5 Å². The van der Waals surface area contributed by atoms with Gasteiger partial charge in [-0.2, -0.15) is 0 Å². The van der Waals surface area contributed by atoms with Gasteiger partial charge >= 0.3 is 0 Å². The summed E-state index contributed by atoms with van der Waals surface area (Å²) < 4.78 is 13.8. The first kappa shape index (κ1) is 35.2. The SMILES string of the molecule is CC(C)(C)c1ccc(N(c2cc3c(cc2-c2cccc4c2oc2ccccc24)-c2ccccc2C32c3ccccc3-c3ccccc32)c2cccc3c2oc2ccccc23)cc1. The van der Waals surface area contributed by atoms with Crippen molar-refractivity contribution in [3.63, 3.8) is 0 Å². The van der Waals surface area contributed by atoms with Gasteiger partial charge in [-0.05, 0) is 98.0 Å². The Hall–Kier alpha value is -7.62. The molecule has 0 aliphatic heterocycles. The largest absolute Gasteiger partial charge is 0.455 e. The Bertz CT molecular complexity index is 3590. The van der Waals surface area contributed by atoms with Crippen LogP contribution < -0.4 is 4.90 Å². The average Bonchev–Trinajstić information content (AvgIpc) is 4.04. The minimum absolute atomic E-state index is 0.0147. The van der Waals surface area contributed by atoms with Crippen LogP contribution in [0.2, 0.25) is 0 Å². The van der Waals surface area contributed by atoms with Gasteiger partial charge < -0.3 is 13.7 Å². The van der Waals surface area contributed by atoms with Crippen LogP contribution in [0.15, 0.2) is 203 Å². The summed E-state index contributed by atoms with van der Waals surface area (Å²) in [5.74, 6) is 0. The number of furan rings is 2. The fourth-order valence-electron chi connectivity index (χ4n) is 10.9. The molecule has 0 saturated heterocycles. The molecule has 2 heterocycles. The average molecular weight is 796 g/mol. The molecular formula is C59H41NO2. The highest BCUT2D eigenvalue weighted by atomic mass is 16.3. The molecule has 0 atom stereocenters. The summed E-state index contributed by atoms with van der Waals surface area (Å²) in [5, 5.41) is 4.39. The van der Waals surface area contributed by atoms with Crippen molar-refractivity contribution in [1.82, 2.24) is 0 Å². The van der Waals surface area contributed by atoms with Crippen molar-refractivity contribution >= 4 is 60.9 Å². The van der Waals surface area contributed by atoms with Crippen LogP contribution in [0, 0.1) is 0 Å². The van der Waals surface area contributed by atoms with Gasteiger partial charge in [0.1, 0.15) is 16.7 Å². The van der Waals surface area contributed by atoms with Crippen molar-refractivity contribution in [2.45, 2.75) is 31.6 Å². The van der Waals surface area contributed by atoms with E-state index in [4.69, 9.17) is 8.83 Å². The first-order valence-electron chi connectivity index (χ1n) is 21.6. The second kappa shape index (κ2) is 12.7. The van der Waals surface area contributed by atoms with E-state index in [-0.39, 0.29) is 5.41 Å². The van der Waals surface area contributed by atoms with Crippen molar-refractivity contribution in [2.24, 2.45) is 0 Å². The molecule has 2 aromatic heterocycles. The molecule has 62 heavy (non-hydrogen) atoms. The van der Waals surface area contributed by atoms with Gasteiger partial charge in [0.25, 0.3) is 0 Å². The Morgan fingerprint density at radius 1 is 0.371 bits per heavy atom. The predicted molar refractivity (Wildman–Crippen MR) is 256 cm³/mol. The monoisotopic (exact) mass is 795 g/mol. The number of para-hydroxylation sites is 4. The van der Waals surface area contributed by atoms with E-state index >= 15 is 0 Å². The molecule has 0 N–H and O–H groups in total. The Morgan fingerprint density at radius 3 is 1.47 bits per heavy atom. The summed E-state index contributed by atoms with van der Waals surface area (Å²) in [5.41, 5.74) is 19.6. The minimum atomic E-state index is -0.537. The van der Waals surface area contributed by atoms with E-state index in [1.807, 2.05) is 6.07 Å². The van der Waals surface area contributed by atoms with E-state index in [1.54, 1.807) is 0 Å². The molecule has 0 saturated carbocycles. The second-order valence-corrected chi connectivity index (χ2v) is 18.0. The first-order chi connectivity index (χ1) is 30.4. The lowest BCUT2D eigenvalue weighted by molar-refractivity contribution is 0.590. The second-order valence-electron chi connectivity index (χ2n) is 18.0. The van der Waals surface area contributed by atoms with Gasteiger partial charge in [0, 0.05) is 38.4 Å². The lowest BCUT2D eigenvalue weighted by Gasteiger charge is -2.33. The van der Waals surface area contributed by atoms with Crippen LogP contribution >= 0.6 is 0 Å². The Morgan fingerprint density at radius 2 is 0.855 bits per heavy atom. The van der Waals surface area contributed by atoms with Crippen LogP contribution in [-0.4, -0.2) is 0 Å². The fraction of sp³-hybridized carbons (Fsp3) is 0.0847. The normalized spacial score (nSPS) is 13.5. The number of fused-ring (bicyclic) bond motifs is 16. The third-order valence-corrected chi connectivity index (χ3v) is 13.7. The molecule has 0 amide bonds. The highest BCUT2D eigenvalue weighted by Crippen LogP contribution is 2.64. The predicted octanol–water partition coefficient (Wildman–Crippen LogP) is 16.3. The number of anilines is 3. The number of benzene rings is 9. The lowest BCUT2D eigenvalue weighted by atomic mass is 9.70. The van der Waals surface area contributed by atoms with Gasteiger partial charge in [0.2, 0.25) is 0 Å². The molecule has 3 heteroatoms. The molecule has 1 spiro atoms. The van der Waals surface area contributed by atoms with Crippen molar-refractivity contribution in [3.05, 3.63) is 222 Å². The molecule has 2 aliphatic carbocycles. The van der Waals surface area contributed by atoms with Gasteiger partial charge in [-0.15, -0.1) is 0 Å². The summed E-state index contributed by atoms with van der Waals surface area (Å²) >= 11 is 0. The van der Waals surface area contributed by atoms with Crippen molar-refractivity contribution in [2.75, 3.05) is 4.90 Å². The molecule has 13 rings (SSSR count). The van der Waals surface area contributed by atoms with Crippen molar-refractivity contribution in [1.29, 1.82) is 0 Å². The van der Waals surface area contributed by atoms with Gasteiger partial charge in [0.15, 0.2) is 5.58 Å². The minimum Gasteiger partial charge on any atom is -0.455 e. The van der Waals surface area contributed by atoms with Crippen LogP contribution in [0.4, 0.5) is 17.1 Å². The number of nitrogens with zero attached hydrogens (tertiary/aromatic N) is 1. The maximum Gasteiger partial charge on any atom is 0.159 e. The van der Waals surface area contributed by atoms with E-state index < -0.39 is 5.41 Å². The van der Waals surface area contributed by atoms with Gasteiger partial charge in [-0.3, -0.25) is 0 Å². The van der Waals surface area contributed by atoms with Crippen LogP contribution in [0.5, 0.6) is 0 Å².